The van der Waals surface area contributed by atoms with E-state index < -0.39 is 4.92 Å². The fourth-order valence-corrected chi connectivity index (χ4v) is 3.79. The Kier molecular flexibility index (Phi) is 5.36. The fourth-order valence-electron chi connectivity index (χ4n) is 3.62. The second-order valence-electron chi connectivity index (χ2n) is 6.55. The molecule has 6 nitrogen and oxygen atoms in total. The molecule has 7 heteroatoms. The van der Waals surface area contributed by atoms with E-state index in [1.165, 1.54) is 25.3 Å². The lowest BCUT2D eigenvalue weighted by Crippen LogP contribution is -2.48. The molecule has 0 radical (unpaired) electrons. The molecule has 1 unspecified atom stereocenters. The van der Waals surface area contributed by atoms with Crippen molar-refractivity contribution < 1.29 is 9.72 Å². The quantitative estimate of drug-likeness (QED) is 0.473. The van der Waals surface area contributed by atoms with Crippen LogP contribution in [0.25, 0.3) is 0 Å². The van der Waals surface area contributed by atoms with Crippen molar-refractivity contribution in [3.05, 3.63) is 33.3 Å². The van der Waals surface area contributed by atoms with Gasteiger partial charge in [-0.3, -0.25) is 10.1 Å². The first-order valence-electron chi connectivity index (χ1n) is 8.50. The minimum absolute atomic E-state index is 0.0363. The molecular formula is C17H22ClN3O3. The predicted octanol–water partition coefficient (Wildman–Crippen LogP) is 3.27. The van der Waals surface area contributed by atoms with Crippen molar-refractivity contribution in [1.29, 1.82) is 0 Å². The average molecular weight is 352 g/mol. The SMILES string of the molecule is O=CC1CCN(C2CCC2)CCCN1c1ccc(Cl)cc1[N+](=O)[O-]. The lowest BCUT2D eigenvalue weighted by atomic mass is 9.90. The van der Waals surface area contributed by atoms with Crippen LogP contribution in [0.5, 0.6) is 0 Å². The fraction of sp³-hybridized carbons (Fsp3) is 0.588. The Hall–Kier alpha value is -1.66. The van der Waals surface area contributed by atoms with Gasteiger partial charge in [0.05, 0.1) is 11.0 Å². The van der Waals surface area contributed by atoms with Gasteiger partial charge in [0.2, 0.25) is 0 Å². The van der Waals surface area contributed by atoms with Crippen LogP contribution in [-0.2, 0) is 4.79 Å². The summed E-state index contributed by atoms with van der Waals surface area (Å²) in [7, 11) is 0. The molecule has 0 bridgehead atoms. The van der Waals surface area contributed by atoms with Crippen molar-refractivity contribution in [3.8, 4) is 0 Å². The predicted molar refractivity (Wildman–Crippen MR) is 93.8 cm³/mol. The summed E-state index contributed by atoms with van der Waals surface area (Å²) < 4.78 is 0. The lowest BCUT2D eigenvalue weighted by molar-refractivity contribution is -0.384. The first-order chi connectivity index (χ1) is 11.6. The van der Waals surface area contributed by atoms with Crippen LogP contribution < -0.4 is 4.90 Å². The van der Waals surface area contributed by atoms with Crippen LogP contribution in [0.1, 0.15) is 32.1 Å². The molecule has 130 valence electrons. The maximum Gasteiger partial charge on any atom is 0.294 e. The highest BCUT2D eigenvalue weighted by atomic mass is 35.5. The number of nitro groups is 1. The lowest BCUT2D eigenvalue weighted by Gasteiger charge is -2.41. The molecule has 0 aromatic heterocycles. The molecule has 2 fully saturated rings. The Morgan fingerprint density at radius 1 is 1.17 bits per heavy atom. The Balaban J connectivity index is 1.82. The molecule has 0 spiro atoms. The van der Waals surface area contributed by atoms with Crippen molar-refractivity contribution in [1.82, 2.24) is 4.90 Å². The second-order valence-corrected chi connectivity index (χ2v) is 6.99. The van der Waals surface area contributed by atoms with Crippen molar-refractivity contribution in [2.24, 2.45) is 0 Å². The summed E-state index contributed by atoms with van der Waals surface area (Å²) in [5.41, 5.74) is 0.448. The van der Waals surface area contributed by atoms with Gasteiger partial charge in [-0.2, -0.15) is 0 Å². The van der Waals surface area contributed by atoms with E-state index in [-0.39, 0.29) is 11.7 Å². The molecule has 1 aliphatic heterocycles. The molecule has 1 heterocycles. The molecule has 24 heavy (non-hydrogen) atoms. The normalized spacial score (nSPS) is 23.2. The summed E-state index contributed by atoms with van der Waals surface area (Å²) in [6.45, 7) is 2.48. The van der Waals surface area contributed by atoms with E-state index in [0.29, 0.717) is 29.7 Å². The van der Waals surface area contributed by atoms with Gasteiger partial charge in [0.15, 0.2) is 0 Å². The Labute approximate surface area is 146 Å². The molecule has 2 aliphatic rings. The number of nitro benzene ring substituents is 1. The molecule has 1 saturated carbocycles. The first kappa shape index (κ1) is 17.2. The number of anilines is 1. The molecular weight excluding hydrogens is 330 g/mol. The standard InChI is InChI=1S/C17H22ClN3O3/c18-13-5-6-16(17(11-13)21(23)24)20-9-2-8-19(14-3-1-4-14)10-7-15(20)12-22/h5-6,11-12,14-15H,1-4,7-10H2. The molecule has 0 N–H and O–H groups in total. The van der Waals surface area contributed by atoms with Gasteiger partial charge in [0.25, 0.3) is 5.69 Å². The third kappa shape index (κ3) is 3.54. The third-order valence-corrected chi connectivity index (χ3v) is 5.38. The van der Waals surface area contributed by atoms with Crippen LogP contribution in [-0.4, -0.2) is 47.8 Å². The van der Waals surface area contributed by atoms with Crippen molar-refractivity contribution in [2.75, 3.05) is 24.5 Å². The monoisotopic (exact) mass is 351 g/mol. The number of carbonyl (C=O) groups excluding carboxylic acids is 1. The van der Waals surface area contributed by atoms with E-state index in [1.54, 1.807) is 12.1 Å². The molecule has 1 aromatic carbocycles. The van der Waals surface area contributed by atoms with Crippen LogP contribution in [0.2, 0.25) is 5.02 Å². The Morgan fingerprint density at radius 3 is 2.58 bits per heavy atom. The number of aldehydes is 1. The zero-order valence-corrected chi connectivity index (χ0v) is 14.3. The minimum atomic E-state index is -0.428. The number of nitrogens with zero attached hydrogens (tertiary/aromatic N) is 3. The van der Waals surface area contributed by atoms with Gasteiger partial charge in [0, 0.05) is 36.8 Å². The minimum Gasteiger partial charge on any atom is -0.356 e. The van der Waals surface area contributed by atoms with Crippen LogP contribution in [0.3, 0.4) is 0 Å². The van der Waals surface area contributed by atoms with Gasteiger partial charge in [-0.15, -0.1) is 0 Å². The summed E-state index contributed by atoms with van der Waals surface area (Å²) >= 11 is 5.91. The molecule has 1 aliphatic carbocycles. The van der Waals surface area contributed by atoms with Crippen molar-refractivity contribution in [3.63, 3.8) is 0 Å². The third-order valence-electron chi connectivity index (χ3n) is 5.15. The zero-order chi connectivity index (χ0) is 17.1. The number of carbonyl (C=O) groups is 1. The number of benzene rings is 1. The molecule has 1 aromatic rings. The van der Waals surface area contributed by atoms with Gasteiger partial charge < -0.3 is 14.6 Å². The Morgan fingerprint density at radius 2 is 1.96 bits per heavy atom. The zero-order valence-electron chi connectivity index (χ0n) is 13.6. The van der Waals surface area contributed by atoms with Gasteiger partial charge in [-0.05, 0) is 37.8 Å². The van der Waals surface area contributed by atoms with E-state index in [2.05, 4.69) is 4.90 Å². The molecule has 0 amide bonds. The Bertz CT molecular complexity index is 621. The smallest absolute Gasteiger partial charge is 0.294 e. The largest absolute Gasteiger partial charge is 0.356 e. The van der Waals surface area contributed by atoms with Gasteiger partial charge >= 0.3 is 0 Å². The van der Waals surface area contributed by atoms with E-state index in [0.717, 1.165) is 25.8 Å². The average Bonchev–Trinajstić information content (AvgIpc) is 2.48. The maximum atomic E-state index is 11.7. The van der Waals surface area contributed by atoms with Crippen molar-refractivity contribution in [2.45, 2.75) is 44.2 Å². The number of halogens is 1. The van der Waals surface area contributed by atoms with E-state index in [1.807, 2.05) is 4.90 Å². The molecule has 3 rings (SSSR count). The van der Waals surface area contributed by atoms with Crippen molar-refractivity contribution >= 4 is 29.3 Å². The van der Waals surface area contributed by atoms with Gasteiger partial charge in [-0.25, -0.2) is 0 Å². The maximum absolute atomic E-state index is 11.7. The summed E-state index contributed by atoms with van der Waals surface area (Å²) in [6.07, 6.45) is 6.29. The topological polar surface area (TPSA) is 66.7 Å². The van der Waals surface area contributed by atoms with E-state index in [9.17, 15) is 14.9 Å². The van der Waals surface area contributed by atoms with Crippen LogP contribution in [0, 0.1) is 10.1 Å². The summed E-state index contributed by atoms with van der Waals surface area (Å²) in [5, 5.41) is 11.7. The molecule has 1 atom stereocenters. The highest BCUT2D eigenvalue weighted by Gasteiger charge is 2.31. The second kappa shape index (κ2) is 7.49. The van der Waals surface area contributed by atoms with Gasteiger partial charge in [0.1, 0.15) is 12.0 Å². The summed E-state index contributed by atoms with van der Waals surface area (Å²) in [6, 6.07) is 4.98. The number of rotatable bonds is 4. The molecule has 1 saturated heterocycles. The van der Waals surface area contributed by atoms with E-state index >= 15 is 0 Å². The van der Waals surface area contributed by atoms with E-state index in [4.69, 9.17) is 11.6 Å². The highest BCUT2D eigenvalue weighted by molar-refractivity contribution is 6.30. The van der Waals surface area contributed by atoms with Gasteiger partial charge in [-0.1, -0.05) is 18.0 Å². The summed E-state index contributed by atoms with van der Waals surface area (Å²) in [5.74, 6) is 0. The van der Waals surface area contributed by atoms with Crippen LogP contribution in [0.4, 0.5) is 11.4 Å². The van der Waals surface area contributed by atoms with Crippen LogP contribution >= 0.6 is 11.6 Å². The number of hydrogen-bond acceptors (Lipinski definition) is 5. The summed E-state index contributed by atoms with van der Waals surface area (Å²) in [4.78, 5) is 27.0. The van der Waals surface area contributed by atoms with Crippen LogP contribution in [0.15, 0.2) is 18.2 Å². The highest BCUT2D eigenvalue weighted by Crippen LogP contribution is 2.34. The number of hydrogen-bond donors (Lipinski definition) is 0. The first-order valence-corrected chi connectivity index (χ1v) is 8.88.